The van der Waals surface area contributed by atoms with Crippen LogP contribution in [0.15, 0.2) is 54.9 Å². The molecule has 1 aromatic carbocycles. The Hall–Kier alpha value is -3.69. The molecule has 0 bridgehead atoms. The maximum absolute atomic E-state index is 9.68. The Balaban J connectivity index is 1.25. The summed E-state index contributed by atoms with van der Waals surface area (Å²) in [4.78, 5) is 11.1. The number of nitrogens with zero attached hydrogens (tertiary/aromatic N) is 4. The second-order valence-electron chi connectivity index (χ2n) is 8.75. The van der Waals surface area contributed by atoms with Crippen molar-refractivity contribution in [2.75, 3.05) is 31.6 Å². The number of aliphatic hydroxyl groups excluding tert-OH is 1. The number of hydrogen-bond donors (Lipinski definition) is 3. The molecule has 0 atom stereocenters. The number of H-pyrrole nitrogens is 1. The molecule has 0 unspecified atom stereocenters. The number of aromatic amines is 1. The number of aliphatic hydroxyl groups is 1. The van der Waals surface area contributed by atoms with Gasteiger partial charge in [-0.15, -0.1) is 5.10 Å². The minimum atomic E-state index is -0.174. The van der Waals surface area contributed by atoms with Gasteiger partial charge in [-0.3, -0.25) is 15.0 Å². The van der Waals surface area contributed by atoms with Gasteiger partial charge in [0.05, 0.1) is 17.3 Å². The molecule has 0 radical (unpaired) electrons. The fourth-order valence-electron chi connectivity index (χ4n) is 4.21. The first-order valence-electron chi connectivity index (χ1n) is 11.9. The molecule has 5 rings (SSSR count). The summed E-state index contributed by atoms with van der Waals surface area (Å²) in [5, 5.41) is 21.3. The van der Waals surface area contributed by atoms with E-state index in [-0.39, 0.29) is 6.10 Å². The van der Waals surface area contributed by atoms with Crippen molar-refractivity contribution in [2.45, 2.75) is 32.5 Å². The molecule has 35 heavy (non-hydrogen) atoms. The zero-order chi connectivity index (χ0) is 24.0. The van der Waals surface area contributed by atoms with Crippen LogP contribution >= 0.6 is 0 Å². The van der Waals surface area contributed by atoms with Crippen molar-refractivity contribution in [1.82, 2.24) is 25.1 Å². The highest BCUT2D eigenvalue weighted by Crippen LogP contribution is 2.32. The summed E-state index contributed by atoms with van der Waals surface area (Å²) in [5.41, 5.74) is 3.64. The standard InChI is InChI=1S/C26H30N6O3/c1-18-16-19(5-6-23(18)35-17-20-4-2-3-10-27-20)29-25-24-22(7-11-28-25)30-31-26(24)34-15-14-32-12-8-21(33)9-13-32/h2-7,10-11,16,21,33H,8-9,12-15,17H2,1H3,(H,28,29)(H,30,31). The minimum absolute atomic E-state index is 0.174. The lowest BCUT2D eigenvalue weighted by Crippen LogP contribution is -2.38. The van der Waals surface area contributed by atoms with Crippen LogP contribution in [0, 0.1) is 6.92 Å². The highest BCUT2D eigenvalue weighted by molar-refractivity contribution is 5.95. The predicted octanol–water partition coefficient (Wildman–Crippen LogP) is 3.82. The lowest BCUT2D eigenvalue weighted by molar-refractivity contribution is 0.0752. The molecule has 0 amide bonds. The topological polar surface area (TPSA) is 108 Å². The molecule has 0 aliphatic carbocycles. The Labute approximate surface area is 204 Å². The third-order valence-corrected chi connectivity index (χ3v) is 6.19. The van der Waals surface area contributed by atoms with Crippen molar-refractivity contribution in [1.29, 1.82) is 0 Å². The summed E-state index contributed by atoms with van der Waals surface area (Å²) >= 11 is 0. The molecule has 182 valence electrons. The van der Waals surface area contributed by atoms with E-state index in [1.165, 1.54) is 0 Å². The zero-order valence-corrected chi connectivity index (χ0v) is 19.8. The van der Waals surface area contributed by atoms with E-state index in [0.29, 0.717) is 24.9 Å². The second-order valence-corrected chi connectivity index (χ2v) is 8.75. The predicted molar refractivity (Wildman–Crippen MR) is 134 cm³/mol. The van der Waals surface area contributed by atoms with Gasteiger partial charge < -0.3 is 19.9 Å². The van der Waals surface area contributed by atoms with Crippen LogP contribution in [0.1, 0.15) is 24.1 Å². The Bertz CT molecular complexity index is 1250. The van der Waals surface area contributed by atoms with Crippen molar-refractivity contribution < 1.29 is 14.6 Å². The van der Waals surface area contributed by atoms with E-state index in [1.807, 2.05) is 49.4 Å². The molecule has 4 aromatic rings. The van der Waals surface area contributed by atoms with Gasteiger partial charge in [0, 0.05) is 37.7 Å². The van der Waals surface area contributed by atoms with E-state index >= 15 is 0 Å². The molecule has 3 aromatic heterocycles. The Morgan fingerprint density at radius 1 is 1.09 bits per heavy atom. The average Bonchev–Trinajstić information content (AvgIpc) is 3.29. The number of pyridine rings is 2. The van der Waals surface area contributed by atoms with Crippen LogP contribution in [0.2, 0.25) is 0 Å². The Kier molecular flexibility index (Phi) is 7.06. The zero-order valence-electron chi connectivity index (χ0n) is 19.8. The number of aryl methyl sites for hydroxylation is 1. The molecule has 9 nitrogen and oxygen atoms in total. The van der Waals surface area contributed by atoms with E-state index in [1.54, 1.807) is 12.4 Å². The SMILES string of the molecule is Cc1cc(Nc2nccc3[nH]nc(OCCN4CCC(O)CC4)c23)ccc1OCc1ccccn1. The maximum atomic E-state index is 9.68. The van der Waals surface area contributed by atoms with Gasteiger partial charge in [0.25, 0.3) is 0 Å². The van der Waals surface area contributed by atoms with Crippen LogP contribution in [-0.2, 0) is 6.61 Å². The van der Waals surface area contributed by atoms with Gasteiger partial charge in [-0.25, -0.2) is 4.98 Å². The lowest BCUT2D eigenvalue weighted by atomic mass is 10.1. The molecule has 9 heteroatoms. The molecule has 1 aliphatic rings. The highest BCUT2D eigenvalue weighted by atomic mass is 16.5. The first-order chi connectivity index (χ1) is 17.2. The fourth-order valence-corrected chi connectivity index (χ4v) is 4.21. The molecule has 1 fully saturated rings. The molecular weight excluding hydrogens is 444 g/mol. The van der Waals surface area contributed by atoms with Crippen molar-refractivity contribution in [3.63, 3.8) is 0 Å². The molecular formula is C26H30N6O3. The number of piperidine rings is 1. The smallest absolute Gasteiger partial charge is 0.244 e. The van der Waals surface area contributed by atoms with Gasteiger partial charge in [0.15, 0.2) is 0 Å². The van der Waals surface area contributed by atoms with Crippen molar-refractivity contribution >= 4 is 22.4 Å². The van der Waals surface area contributed by atoms with Crippen LogP contribution in [0.4, 0.5) is 11.5 Å². The summed E-state index contributed by atoms with van der Waals surface area (Å²) in [7, 11) is 0. The molecule has 1 aliphatic heterocycles. The van der Waals surface area contributed by atoms with Crippen molar-refractivity contribution in [2.24, 2.45) is 0 Å². The van der Waals surface area contributed by atoms with Gasteiger partial charge in [-0.2, -0.15) is 0 Å². The summed E-state index contributed by atoms with van der Waals surface area (Å²) < 4.78 is 12.0. The normalized spacial score (nSPS) is 14.8. The van der Waals surface area contributed by atoms with E-state index in [4.69, 9.17) is 9.47 Å². The van der Waals surface area contributed by atoms with E-state index in [9.17, 15) is 5.11 Å². The first-order valence-corrected chi connectivity index (χ1v) is 11.9. The molecule has 0 saturated carbocycles. The quantitative estimate of drug-likeness (QED) is 0.336. The van der Waals surface area contributed by atoms with E-state index < -0.39 is 0 Å². The summed E-state index contributed by atoms with van der Waals surface area (Å²) in [6.07, 6.45) is 4.96. The van der Waals surface area contributed by atoms with Gasteiger partial charge in [-0.1, -0.05) is 6.07 Å². The first kappa shape index (κ1) is 23.1. The largest absolute Gasteiger partial charge is 0.487 e. The Morgan fingerprint density at radius 3 is 2.77 bits per heavy atom. The monoisotopic (exact) mass is 474 g/mol. The number of hydrogen-bond acceptors (Lipinski definition) is 8. The third-order valence-electron chi connectivity index (χ3n) is 6.19. The van der Waals surface area contributed by atoms with Crippen LogP contribution in [-0.4, -0.2) is 62.5 Å². The van der Waals surface area contributed by atoms with Crippen LogP contribution in [0.5, 0.6) is 11.6 Å². The maximum Gasteiger partial charge on any atom is 0.244 e. The number of nitrogens with one attached hydrogen (secondary N) is 2. The molecule has 0 spiro atoms. The molecule has 3 N–H and O–H groups in total. The van der Waals surface area contributed by atoms with Crippen LogP contribution in [0.3, 0.4) is 0 Å². The van der Waals surface area contributed by atoms with Gasteiger partial charge in [0.2, 0.25) is 5.88 Å². The van der Waals surface area contributed by atoms with Crippen molar-refractivity contribution in [3.05, 3.63) is 66.1 Å². The minimum Gasteiger partial charge on any atom is -0.487 e. The van der Waals surface area contributed by atoms with Crippen molar-refractivity contribution in [3.8, 4) is 11.6 Å². The van der Waals surface area contributed by atoms with Gasteiger partial charge in [-0.05, 0) is 61.7 Å². The number of fused-ring (bicyclic) bond motifs is 1. The number of aromatic nitrogens is 4. The fraction of sp³-hybridized carbons (Fsp3) is 0.346. The van der Waals surface area contributed by atoms with Crippen LogP contribution < -0.4 is 14.8 Å². The average molecular weight is 475 g/mol. The number of benzene rings is 1. The van der Waals surface area contributed by atoms with E-state index in [0.717, 1.165) is 66.1 Å². The number of anilines is 2. The van der Waals surface area contributed by atoms with Gasteiger partial charge >= 0.3 is 0 Å². The number of rotatable bonds is 9. The number of ether oxygens (including phenoxy) is 2. The molecule has 4 heterocycles. The van der Waals surface area contributed by atoms with E-state index in [2.05, 4.69) is 30.4 Å². The third kappa shape index (κ3) is 5.70. The lowest BCUT2D eigenvalue weighted by Gasteiger charge is -2.29. The highest BCUT2D eigenvalue weighted by Gasteiger charge is 2.18. The number of likely N-dealkylation sites (tertiary alicyclic amines) is 1. The molecule has 1 saturated heterocycles. The van der Waals surface area contributed by atoms with Gasteiger partial charge in [0.1, 0.15) is 30.2 Å². The summed E-state index contributed by atoms with van der Waals surface area (Å²) in [6, 6.07) is 13.6. The summed E-state index contributed by atoms with van der Waals surface area (Å²) in [6.45, 7) is 5.53. The second kappa shape index (κ2) is 10.7. The summed E-state index contributed by atoms with van der Waals surface area (Å²) in [5.74, 6) is 2.01. The Morgan fingerprint density at radius 2 is 1.97 bits per heavy atom. The van der Waals surface area contributed by atoms with Crippen LogP contribution in [0.25, 0.3) is 10.9 Å².